The van der Waals surface area contributed by atoms with Gasteiger partial charge in [-0.1, -0.05) is 0 Å². The Labute approximate surface area is 110 Å². The van der Waals surface area contributed by atoms with Gasteiger partial charge in [0.15, 0.2) is 0 Å². The Kier molecular flexibility index (Phi) is 5.41. The Hall–Kier alpha value is -0.810. The predicted octanol–water partition coefficient (Wildman–Crippen LogP) is 1.37. The van der Waals surface area contributed by atoms with E-state index in [1.165, 1.54) is 0 Å². The van der Waals surface area contributed by atoms with E-state index in [2.05, 4.69) is 10.6 Å². The molecule has 1 rings (SSSR count). The van der Waals surface area contributed by atoms with Crippen LogP contribution in [0, 0.1) is 0 Å². The minimum atomic E-state index is -0.449. The summed E-state index contributed by atoms with van der Waals surface area (Å²) in [6.45, 7) is 8.28. The Morgan fingerprint density at radius 3 is 2.61 bits per heavy atom. The van der Waals surface area contributed by atoms with Crippen LogP contribution in [-0.2, 0) is 4.74 Å². The fourth-order valence-electron chi connectivity index (χ4n) is 2.11. The van der Waals surface area contributed by atoms with Crippen LogP contribution < -0.4 is 16.4 Å². The zero-order chi connectivity index (χ0) is 13.8. The lowest BCUT2D eigenvalue weighted by atomic mass is 10.2. The van der Waals surface area contributed by atoms with E-state index in [9.17, 15) is 4.79 Å². The molecule has 106 valence electrons. The second kappa shape index (κ2) is 6.38. The third-order valence-electron chi connectivity index (χ3n) is 2.95. The van der Waals surface area contributed by atoms with Gasteiger partial charge in [-0.25, -0.2) is 4.79 Å². The van der Waals surface area contributed by atoms with Gasteiger partial charge >= 0.3 is 6.09 Å². The molecule has 3 unspecified atom stereocenters. The average Bonchev–Trinajstić information content (AvgIpc) is 2.58. The Morgan fingerprint density at radius 1 is 1.44 bits per heavy atom. The molecule has 0 aliphatic heterocycles. The van der Waals surface area contributed by atoms with Gasteiger partial charge in [0.1, 0.15) is 5.60 Å². The highest BCUT2D eigenvalue weighted by Gasteiger charge is 2.22. The summed E-state index contributed by atoms with van der Waals surface area (Å²) in [5.41, 5.74) is 5.40. The molecule has 3 atom stereocenters. The Bertz CT molecular complexity index is 276. The highest BCUT2D eigenvalue weighted by atomic mass is 16.6. The van der Waals surface area contributed by atoms with Crippen LogP contribution in [0.2, 0.25) is 0 Å². The lowest BCUT2D eigenvalue weighted by Gasteiger charge is -2.23. The van der Waals surface area contributed by atoms with Crippen molar-refractivity contribution in [3.05, 3.63) is 0 Å². The summed E-state index contributed by atoms with van der Waals surface area (Å²) >= 11 is 0. The minimum Gasteiger partial charge on any atom is -0.444 e. The molecule has 1 fully saturated rings. The number of hydrogen-bond acceptors (Lipinski definition) is 4. The number of ether oxygens (including phenoxy) is 1. The van der Waals surface area contributed by atoms with E-state index in [0.29, 0.717) is 12.1 Å². The van der Waals surface area contributed by atoms with Gasteiger partial charge in [0, 0.05) is 24.7 Å². The van der Waals surface area contributed by atoms with Crippen molar-refractivity contribution in [2.75, 3.05) is 6.54 Å². The van der Waals surface area contributed by atoms with Crippen molar-refractivity contribution in [3.63, 3.8) is 0 Å². The van der Waals surface area contributed by atoms with Gasteiger partial charge < -0.3 is 21.1 Å². The van der Waals surface area contributed by atoms with Gasteiger partial charge in [0.05, 0.1) is 0 Å². The SMILES string of the molecule is CC(CNC1CCC(N)C1)NC(=O)OC(C)(C)C. The Balaban J connectivity index is 2.17. The monoisotopic (exact) mass is 257 g/mol. The van der Waals surface area contributed by atoms with Crippen LogP contribution in [0.25, 0.3) is 0 Å². The normalized spacial score (nSPS) is 25.8. The van der Waals surface area contributed by atoms with Gasteiger partial charge in [-0.15, -0.1) is 0 Å². The zero-order valence-corrected chi connectivity index (χ0v) is 12.0. The molecule has 1 aliphatic rings. The smallest absolute Gasteiger partial charge is 0.407 e. The summed E-state index contributed by atoms with van der Waals surface area (Å²) in [5.74, 6) is 0. The van der Waals surface area contributed by atoms with Gasteiger partial charge in [-0.2, -0.15) is 0 Å². The second-order valence-electron chi connectivity index (χ2n) is 6.23. The quantitative estimate of drug-likeness (QED) is 0.711. The van der Waals surface area contributed by atoms with Crippen molar-refractivity contribution in [1.29, 1.82) is 0 Å². The molecule has 1 aliphatic carbocycles. The van der Waals surface area contributed by atoms with E-state index in [0.717, 1.165) is 25.8 Å². The minimum absolute atomic E-state index is 0.0525. The number of rotatable bonds is 4. The second-order valence-corrected chi connectivity index (χ2v) is 6.23. The fourth-order valence-corrected chi connectivity index (χ4v) is 2.11. The molecule has 5 heteroatoms. The van der Waals surface area contributed by atoms with Gasteiger partial charge in [0.25, 0.3) is 0 Å². The molecule has 0 aromatic carbocycles. The number of amides is 1. The molecule has 5 nitrogen and oxygen atoms in total. The maximum Gasteiger partial charge on any atom is 0.407 e. The third kappa shape index (κ3) is 6.21. The molecule has 1 amide bonds. The van der Waals surface area contributed by atoms with Crippen LogP contribution in [0.4, 0.5) is 4.79 Å². The Morgan fingerprint density at radius 2 is 2.11 bits per heavy atom. The largest absolute Gasteiger partial charge is 0.444 e. The van der Waals surface area contributed by atoms with Crippen LogP contribution >= 0.6 is 0 Å². The van der Waals surface area contributed by atoms with E-state index in [-0.39, 0.29) is 12.1 Å². The molecular weight excluding hydrogens is 230 g/mol. The molecule has 0 heterocycles. The van der Waals surface area contributed by atoms with E-state index >= 15 is 0 Å². The van der Waals surface area contributed by atoms with E-state index in [4.69, 9.17) is 10.5 Å². The molecule has 0 spiro atoms. The number of carbonyl (C=O) groups is 1. The number of carbonyl (C=O) groups excluding carboxylic acids is 1. The van der Waals surface area contributed by atoms with Crippen molar-refractivity contribution in [1.82, 2.24) is 10.6 Å². The summed E-state index contributed by atoms with van der Waals surface area (Å²) < 4.78 is 5.20. The first-order chi connectivity index (χ1) is 8.26. The first kappa shape index (κ1) is 15.2. The maximum absolute atomic E-state index is 11.5. The van der Waals surface area contributed by atoms with Crippen LogP contribution in [-0.4, -0.2) is 36.4 Å². The summed E-state index contributed by atoms with van der Waals surface area (Å²) in [7, 11) is 0. The molecule has 1 saturated carbocycles. The van der Waals surface area contributed by atoms with Crippen LogP contribution in [0.15, 0.2) is 0 Å². The molecule has 0 aromatic heterocycles. The van der Waals surface area contributed by atoms with Crippen molar-refractivity contribution in [2.45, 2.75) is 70.7 Å². The standard InChI is InChI=1S/C13H27N3O2/c1-9(16-12(17)18-13(2,3)4)8-15-11-6-5-10(14)7-11/h9-11,15H,5-8,14H2,1-4H3,(H,16,17). The molecule has 4 N–H and O–H groups in total. The number of hydrogen-bond donors (Lipinski definition) is 3. The predicted molar refractivity (Wildman–Crippen MR) is 72.4 cm³/mol. The van der Waals surface area contributed by atoms with Crippen LogP contribution in [0.3, 0.4) is 0 Å². The van der Waals surface area contributed by atoms with Crippen molar-refractivity contribution < 1.29 is 9.53 Å². The first-order valence-corrected chi connectivity index (χ1v) is 6.75. The van der Waals surface area contributed by atoms with Crippen LogP contribution in [0.5, 0.6) is 0 Å². The molecular formula is C13H27N3O2. The fraction of sp³-hybridized carbons (Fsp3) is 0.923. The molecule has 0 bridgehead atoms. The van der Waals surface area contributed by atoms with E-state index in [1.807, 2.05) is 27.7 Å². The maximum atomic E-state index is 11.5. The van der Waals surface area contributed by atoms with Crippen molar-refractivity contribution >= 4 is 6.09 Å². The summed E-state index contributed by atoms with van der Waals surface area (Å²) in [5, 5.41) is 6.25. The highest BCUT2D eigenvalue weighted by molar-refractivity contribution is 5.68. The van der Waals surface area contributed by atoms with Crippen molar-refractivity contribution in [2.24, 2.45) is 5.73 Å². The topological polar surface area (TPSA) is 76.4 Å². The van der Waals surface area contributed by atoms with Crippen LogP contribution in [0.1, 0.15) is 47.0 Å². The number of alkyl carbamates (subject to hydrolysis) is 1. The molecule has 18 heavy (non-hydrogen) atoms. The summed E-state index contributed by atoms with van der Waals surface area (Å²) in [4.78, 5) is 11.5. The van der Waals surface area contributed by atoms with Gasteiger partial charge in [0.2, 0.25) is 0 Å². The zero-order valence-electron chi connectivity index (χ0n) is 12.0. The lowest BCUT2D eigenvalue weighted by Crippen LogP contribution is -2.44. The number of nitrogens with one attached hydrogen (secondary N) is 2. The number of nitrogens with two attached hydrogens (primary N) is 1. The van der Waals surface area contributed by atoms with Crippen molar-refractivity contribution in [3.8, 4) is 0 Å². The van der Waals surface area contributed by atoms with Gasteiger partial charge in [-0.3, -0.25) is 0 Å². The molecule has 0 saturated heterocycles. The molecule has 0 radical (unpaired) electrons. The third-order valence-corrected chi connectivity index (χ3v) is 2.95. The van der Waals surface area contributed by atoms with Gasteiger partial charge in [-0.05, 0) is 47.0 Å². The average molecular weight is 257 g/mol. The van der Waals surface area contributed by atoms with E-state index < -0.39 is 5.60 Å². The summed E-state index contributed by atoms with van der Waals surface area (Å²) in [6.07, 6.45) is 2.88. The highest BCUT2D eigenvalue weighted by Crippen LogP contribution is 2.16. The molecule has 0 aromatic rings. The summed E-state index contributed by atoms with van der Waals surface area (Å²) in [6, 6.07) is 0.871. The van der Waals surface area contributed by atoms with E-state index in [1.54, 1.807) is 0 Å². The lowest BCUT2D eigenvalue weighted by molar-refractivity contribution is 0.0507. The first-order valence-electron chi connectivity index (χ1n) is 6.75.